The molecule has 4 fully saturated rings. The molecule has 0 radical (unpaired) electrons. The van der Waals surface area contributed by atoms with Crippen LogP contribution in [0.5, 0.6) is 0 Å². The number of rotatable bonds is 7. The maximum atomic E-state index is 13.3. The highest BCUT2D eigenvalue weighted by Crippen LogP contribution is 2.75. The van der Waals surface area contributed by atoms with Crippen molar-refractivity contribution >= 4 is 17.6 Å². The lowest BCUT2D eigenvalue weighted by Gasteiger charge is -2.71. The van der Waals surface area contributed by atoms with Crippen LogP contribution in [0.2, 0.25) is 0 Å². The van der Waals surface area contributed by atoms with E-state index in [-0.39, 0.29) is 27.8 Å². The van der Waals surface area contributed by atoms with Crippen molar-refractivity contribution in [2.24, 2.45) is 45.8 Å². The summed E-state index contributed by atoms with van der Waals surface area (Å²) in [6.45, 7) is 19.2. The molecule has 7 nitrogen and oxygen atoms in total. The minimum absolute atomic E-state index is 0.0205. The SMILES string of the molecule is C=CC.Cc1nccn1CCCNC(=O)NC12CCCC1C1CCC3C4(C)CC=C(c5ccc(C(=O)O)cc5)C(C)C4CCC3(C)[C@]1(C)CC2. The van der Waals surface area contributed by atoms with E-state index in [1.807, 2.05) is 38.4 Å². The van der Waals surface area contributed by atoms with E-state index >= 15 is 0 Å². The number of aromatic nitrogens is 2. The number of hydrogen-bond acceptors (Lipinski definition) is 3. The lowest BCUT2D eigenvalue weighted by molar-refractivity contribution is -0.210. The Balaban J connectivity index is 0.00000139. The minimum Gasteiger partial charge on any atom is -0.478 e. The van der Waals surface area contributed by atoms with Crippen molar-refractivity contribution in [3.63, 3.8) is 0 Å². The summed E-state index contributed by atoms with van der Waals surface area (Å²) in [7, 11) is 0. The Hall–Kier alpha value is -3.35. The van der Waals surface area contributed by atoms with Gasteiger partial charge in [-0.2, -0.15) is 0 Å². The second kappa shape index (κ2) is 14.0. The van der Waals surface area contributed by atoms with Crippen molar-refractivity contribution in [2.45, 2.75) is 124 Å². The van der Waals surface area contributed by atoms with E-state index in [4.69, 9.17) is 0 Å². The molecule has 50 heavy (non-hydrogen) atoms. The summed E-state index contributed by atoms with van der Waals surface area (Å²) < 4.78 is 2.14. The number of imidazole rings is 1. The van der Waals surface area contributed by atoms with E-state index in [0.717, 1.165) is 38.1 Å². The van der Waals surface area contributed by atoms with Crippen molar-refractivity contribution in [2.75, 3.05) is 6.54 Å². The maximum absolute atomic E-state index is 13.3. The normalized spacial score (nSPS) is 37.0. The third-order valence-corrected chi connectivity index (χ3v) is 15.2. The van der Waals surface area contributed by atoms with Gasteiger partial charge in [0.2, 0.25) is 0 Å². The van der Waals surface area contributed by atoms with E-state index in [1.165, 1.54) is 56.1 Å². The second-order valence-electron chi connectivity index (χ2n) is 17.2. The number of amides is 2. The molecular formula is C43H62N4O3. The summed E-state index contributed by atoms with van der Waals surface area (Å²) in [4.78, 5) is 29.1. The number of allylic oxidation sites excluding steroid dienone is 3. The first kappa shape index (κ1) is 36.4. The van der Waals surface area contributed by atoms with E-state index < -0.39 is 5.97 Å². The Morgan fingerprint density at radius 1 is 1.00 bits per heavy atom. The molecule has 0 spiro atoms. The zero-order valence-electron chi connectivity index (χ0n) is 31.6. The highest BCUT2D eigenvalue weighted by Gasteiger charge is 2.68. The lowest BCUT2D eigenvalue weighted by atomic mass is 9.34. The third-order valence-electron chi connectivity index (χ3n) is 15.2. The largest absolute Gasteiger partial charge is 0.478 e. The number of aryl methyl sites for hydroxylation is 2. The topological polar surface area (TPSA) is 96.3 Å². The highest BCUT2D eigenvalue weighted by molar-refractivity contribution is 5.88. The average Bonchev–Trinajstić information content (AvgIpc) is 3.69. The number of fused-ring (bicyclic) bond motifs is 7. The molecule has 0 bridgehead atoms. The van der Waals surface area contributed by atoms with Crippen LogP contribution in [0.15, 0.2) is 55.4 Å². The van der Waals surface area contributed by atoms with E-state index in [1.54, 1.807) is 18.2 Å². The Morgan fingerprint density at radius 2 is 1.74 bits per heavy atom. The van der Waals surface area contributed by atoms with Crippen LogP contribution in [0.25, 0.3) is 5.57 Å². The monoisotopic (exact) mass is 682 g/mol. The lowest BCUT2D eigenvalue weighted by Crippen LogP contribution is -2.67. The fourth-order valence-corrected chi connectivity index (χ4v) is 12.6. The molecule has 5 aliphatic carbocycles. The Bertz CT molecular complexity index is 1590. The number of nitrogens with one attached hydrogen (secondary N) is 2. The van der Waals surface area contributed by atoms with Gasteiger partial charge >= 0.3 is 12.0 Å². The standard InChI is InChI=1S/C40H56N4O3.C3H6/c1-26-30(28-9-11-29(12-10-28)35(45)46)15-18-37(3)31(26)16-19-39(5)34(37)14-13-32-33-8-6-17-40(33,21-20-38(32,39)4)43-36(47)42-22-7-24-44-25-23-41-27(44)2;1-3-2/h9-12,15,23,25-26,31-34H,6-8,13-14,16-22,24H2,1-5H3,(H,45,46)(H2,42,43,47);3H,1H2,2H3/t26?,31?,32?,33?,34?,37?,38-,39?,40?;/m1./s1. The number of urea groups is 1. The first-order chi connectivity index (χ1) is 23.8. The van der Waals surface area contributed by atoms with Gasteiger partial charge in [0.25, 0.3) is 0 Å². The van der Waals surface area contributed by atoms with E-state index in [0.29, 0.717) is 41.7 Å². The van der Waals surface area contributed by atoms with Crippen molar-refractivity contribution in [3.8, 4) is 0 Å². The number of aromatic carboxylic acids is 1. The smallest absolute Gasteiger partial charge is 0.335 e. The van der Waals surface area contributed by atoms with Crippen molar-refractivity contribution in [1.29, 1.82) is 0 Å². The van der Waals surface area contributed by atoms with Crippen LogP contribution in [0.4, 0.5) is 4.79 Å². The number of hydrogen-bond donors (Lipinski definition) is 3. The fraction of sp³-hybridized carbons (Fsp3) is 0.651. The van der Waals surface area contributed by atoms with Crippen LogP contribution in [-0.2, 0) is 6.54 Å². The van der Waals surface area contributed by atoms with Crippen molar-refractivity contribution in [1.82, 2.24) is 20.2 Å². The average molecular weight is 683 g/mol. The number of nitrogens with zero attached hydrogens (tertiary/aromatic N) is 2. The minimum atomic E-state index is -0.866. The van der Waals surface area contributed by atoms with Crippen molar-refractivity contribution < 1.29 is 14.7 Å². The van der Waals surface area contributed by atoms with E-state index in [9.17, 15) is 14.7 Å². The van der Waals surface area contributed by atoms with Crippen LogP contribution < -0.4 is 10.6 Å². The molecule has 2 aromatic rings. The van der Waals surface area contributed by atoms with Gasteiger partial charge in [0.1, 0.15) is 5.82 Å². The number of benzene rings is 1. The van der Waals surface area contributed by atoms with Crippen LogP contribution in [0.1, 0.15) is 127 Å². The number of carbonyl (C=O) groups is 2. The van der Waals surface area contributed by atoms with Gasteiger partial charge in [0, 0.05) is 31.0 Å². The van der Waals surface area contributed by atoms with Gasteiger partial charge in [-0.15, -0.1) is 6.58 Å². The zero-order valence-corrected chi connectivity index (χ0v) is 31.6. The maximum Gasteiger partial charge on any atom is 0.335 e. The van der Waals surface area contributed by atoms with Gasteiger partial charge in [0.05, 0.1) is 5.56 Å². The van der Waals surface area contributed by atoms with Crippen LogP contribution in [0, 0.1) is 52.8 Å². The van der Waals surface area contributed by atoms with Crippen molar-refractivity contribution in [3.05, 3.63) is 72.3 Å². The predicted molar refractivity (Wildman–Crippen MR) is 202 cm³/mol. The van der Waals surface area contributed by atoms with Gasteiger partial charge in [-0.1, -0.05) is 58.4 Å². The number of carbonyl (C=O) groups excluding carboxylic acids is 1. The highest BCUT2D eigenvalue weighted by atomic mass is 16.4. The molecule has 0 saturated heterocycles. The molecule has 2 amide bonds. The van der Waals surface area contributed by atoms with Gasteiger partial charge in [-0.25, -0.2) is 14.6 Å². The molecule has 1 aromatic heterocycles. The van der Waals surface area contributed by atoms with Crippen LogP contribution in [0.3, 0.4) is 0 Å². The molecule has 5 aliphatic rings. The molecule has 7 rings (SSSR count). The molecule has 1 aromatic carbocycles. The quantitative estimate of drug-likeness (QED) is 0.200. The summed E-state index contributed by atoms with van der Waals surface area (Å²) in [5.74, 6) is 3.15. The third kappa shape index (κ3) is 6.04. The Morgan fingerprint density at radius 3 is 2.42 bits per heavy atom. The molecule has 7 heteroatoms. The molecule has 1 heterocycles. The molecule has 8 unspecified atom stereocenters. The summed E-state index contributed by atoms with van der Waals surface area (Å²) in [5, 5.41) is 16.2. The second-order valence-corrected chi connectivity index (χ2v) is 17.2. The summed E-state index contributed by atoms with van der Waals surface area (Å²) in [6, 6.07) is 7.56. The number of carboxylic acid groups (broad SMARTS) is 1. The summed E-state index contributed by atoms with van der Waals surface area (Å²) in [5.41, 5.74) is 3.72. The predicted octanol–water partition coefficient (Wildman–Crippen LogP) is 9.68. The summed E-state index contributed by atoms with van der Waals surface area (Å²) >= 11 is 0. The molecule has 4 saturated carbocycles. The molecular weight excluding hydrogens is 620 g/mol. The van der Waals surface area contributed by atoms with Crippen LogP contribution >= 0.6 is 0 Å². The fourth-order valence-electron chi connectivity index (χ4n) is 12.6. The Kier molecular flexibility index (Phi) is 10.2. The molecule has 272 valence electrons. The van der Waals surface area contributed by atoms with Gasteiger partial charge in [-0.05, 0) is 147 Å². The first-order valence-electron chi connectivity index (χ1n) is 19.5. The zero-order chi connectivity index (χ0) is 35.9. The molecule has 3 N–H and O–H groups in total. The Labute approximate surface area is 300 Å². The van der Waals surface area contributed by atoms with E-state index in [2.05, 4.69) is 60.5 Å². The molecule has 9 atom stereocenters. The van der Waals surface area contributed by atoms with Gasteiger partial charge in [-0.3, -0.25) is 0 Å². The number of carboxylic acids is 1. The first-order valence-corrected chi connectivity index (χ1v) is 19.5. The summed E-state index contributed by atoms with van der Waals surface area (Å²) in [6.07, 6.45) is 21.1. The van der Waals surface area contributed by atoms with Gasteiger partial charge in [0.15, 0.2) is 0 Å². The van der Waals surface area contributed by atoms with Gasteiger partial charge < -0.3 is 20.3 Å². The van der Waals surface area contributed by atoms with Crippen LogP contribution in [-0.4, -0.2) is 38.7 Å². The molecule has 0 aliphatic heterocycles.